The fourth-order valence-electron chi connectivity index (χ4n) is 13.8. The van der Waals surface area contributed by atoms with Gasteiger partial charge in [0.25, 0.3) is 16.6 Å². The maximum absolute atomic E-state index is 13.9. The molecule has 0 spiro atoms. The molecular weight excluding hydrogens is 909 g/mol. The van der Waals surface area contributed by atoms with Gasteiger partial charge >= 0.3 is 0 Å². The molecule has 0 radical (unpaired) electrons. The number of carbonyl (C=O) groups is 1. The van der Waals surface area contributed by atoms with Crippen molar-refractivity contribution in [3.8, 4) is 0 Å². The Morgan fingerprint density at radius 3 is 1.70 bits per heavy atom. The number of carbonyl (C=O) groups excluding carboxylic acids is 1. The van der Waals surface area contributed by atoms with Gasteiger partial charge in [0.1, 0.15) is 18.2 Å². The quantitative estimate of drug-likeness (QED) is 0.0745. The van der Waals surface area contributed by atoms with E-state index in [4.69, 9.17) is 18.3 Å². The predicted octanol–water partition coefficient (Wildman–Crippen LogP) is 12.7. The summed E-state index contributed by atoms with van der Waals surface area (Å²) < 4.78 is 27.4. The number of benzene rings is 4. The van der Waals surface area contributed by atoms with Crippen LogP contribution in [0, 0.1) is 23.2 Å². The van der Waals surface area contributed by atoms with Crippen LogP contribution in [0.4, 0.5) is 0 Å². The normalized spacial score (nSPS) is 26.1. The van der Waals surface area contributed by atoms with Crippen molar-refractivity contribution >= 4 is 43.2 Å². The van der Waals surface area contributed by atoms with Gasteiger partial charge in [-0.3, -0.25) is 4.79 Å². The molecule has 8 heteroatoms. The van der Waals surface area contributed by atoms with Gasteiger partial charge in [-0.1, -0.05) is 207 Å². The van der Waals surface area contributed by atoms with Gasteiger partial charge < -0.3 is 23.4 Å². The van der Waals surface area contributed by atoms with Gasteiger partial charge in [0.15, 0.2) is 0 Å². The molecule has 0 aromatic heterocycles. The molecule has 7 atom stereocenters. The van der Waals surface area contributed by atoms with Gasteiger partial charge in [0.2, 0.25) is 0 Å². The lowest BCUT2D eigenvalue weighted by molar-refractivity contribution is -0.129. The van der Waals surface area contributed by atoms with E-state index in [2.05, 4.69) is 203 Å². The molecule has 71 heavy (non-hydrogen) atoms. The maximum atomic E-state index is 13.9. The van der Waals surface area contributed by atoms with Crippen LogP contribution in [0.15, 0.2) is 145 Å². The fourth-order valence-corrected chi connectivity index (χ4v) is 23.2. The SMILES string of the molecule is COCOC(C)(C)CCC[C@@H](C)[C@H]1CC[C@H]2/C(=C/C=C3\C[C@@H](O[Si](c4ccccc4)(c4ccccc4)C(C)(C)C)C[C@H](O[Si](c4ccccc4)(c4ccccc4)C(C)(C)C)C3(O)CC(C)=O)CCC[C@]12C. The Bertz CT molecular complexity index is 2330. The van der Waals surface area contributed by atoms with Crippen molar-refractivity contribution in [3.05, 3.63) is 145 Å². The van der Waals surface area contributed by atoms with Gasteiger partial charge in [0, 0.05) is 20.0 Å². The molecule has 384 valence electrons. The molecule has 0 heterocycles. The summed E-state index contributed by atoms with van der Waals surface area (Å²) in [6.07, 6.45) is 13.6. The summed E-state index contributed by atoms with van der Waals surface area (Å²) in [4.78, 5) is 13.8. The standard InChI is InChI=1S/C63H88O6Si2/c1-47(27-25-41-61(9,10)67-46-66-12)56-39-40-57-49(28-26-42-62(56,57)11)37-38-50-43-51(68-70(59(3,4)5,52-29-17-13-18-30-52)53-31-19-14-20-32-53)44-58(63(50,65)45-48(2)64)69-71(60(6,7)8,54-33-21-15-22-34-54)55-35-23-16-24-36-55/h13-24,29-38,47,51,56-58,65H,25-28,39-46H2,1-12H3/b49-37+,50-38+/t47-,51-,56-,57+,58+,62-,63?/m1/s1. The first kappa shape index (κ1) is 55.0. The molecule has 0 amide bonds. The topological polar surface area (TPSA) is 74.2 Å². The van der Waals surface area contributed by atoms with Gasteiger partial charge in [-0.25, -0.2) is 0 Å². The largest absolute Gasteiger partial charge is 0.404 e. The highest BCUT2D eigenvalue weighted by Gasteiger charge is 2.59. The summed E-state index contributed by atoms with van der Waals surface area (Å²) in [6, 6.07) is 43.2. The van der Waals surface area contributed by atoms with Crippen molar-refractivity contribution in [3.63, 3.8) is 0 Å². The molecule has 1 N–H and O–H groups in total. The fraction of sp³-hybridized carbons (Fsp3) is 0.540. The van der Waals surface area contributed by atoms with E-state index in [9.17, 15) is 9.90 Å². The number of ether oxygens (including phenoxy) is 2. The minimum absolute atomic E-state index is 0.0368. The van der Waals surface area contributed by atoms with Crippen LogP contribution in [0.3, 0.4) is 0 Å². The Hall–Kier alpha value is -3.74. The number of hydrogen-bond donors (Lipinski definition) is 1. The number of methoxy groups -OCH3 is 1. The van der Waals surface area contributed by atoms with Crippen molar-refractivity contribution in [1.82, 2.24) is 0 Å². The molecule has 3 saturated carbocycles. The van der Waals surface area contributed by atoms with E-state index in [0.717, 1.165) is 41.6 Å². The predicted molar refractivity (Wildman–Crippen MR) is 299 cm³/mol. The zero-order chi connectivity index (χ0) is 51.3. The van der Waals surface area contributed by atoms with E-state index < -0.39 is 28.3 Å². The lowest BCUT2D eigenvalue weighted by Gasteiger charge is -2.53. The van der Waals surface area contributed by atoms with Gasteiger partial charge in [-0.15, -0.1) is 0 Å². The molecule has 3 fully saturated rings. The Morgan fingerprint density at radius 2 is 1.24 bits per heavy atom. The van der Waals surface area contributed by atoms with E-state index in [1.807, 2.05) is 0 Å². The Labute approximate surface area is 431 Å². The minimum atomic E-state index is -3.26. The van der Waals surface area contributed by atoms with E-state index in [-0.39, 0.29) is 39.4 Å². The average Bonchev–Trinajstić information content (AvgIpc) is 3.69. The van der Waals surface area contributed by atoms with E-state index >= 15 is 0 Å². The van der Waals surface area contributed by atoms with Gasteiger partial charge in [-0.05, 0) is 125 Å². The molecule has 0 bridgehead atoms. The number of ketones is 1. The smallest absolute Gasteiger partial charge is 0.261 e. The van der Waals surface area contributed by atoms with Crippen molar-refractivity contribution in [2.75, 3.05) is 13.9 Å². The molecule has 0 aliphatic heterocycles. The van der Waals surface area contributed by atoms with E-state index in [1.165, 1.54) is 41.6 Å². The van der Waals surface area contributed by atoms with Crippen LogP contribution < -0.4 is 20.7 Å². The summed E-state index contributed by atoms with van der Waals surface area (Å²) in [6.45, 7) is 25.2. The third-order valence-corrected chi connectivity index (χ3v) is 27.4. The van der Waals surface area contributed by atoms with Gasteiger partial charge in [-0.2, -0.15) is 0 Å². The number of allylic oxidation sites excluding steroid dienone is 3. The van der Waals surface area contributed by atoms with Crippen LogP contribution in [-0.4, -0.2) is 64.8 Å². The first-order chi connectivity index (χ1) is 33.6. The monoisotopic (exact) mass is 997 g/mol. The lowest BCUT2D eigenvalue weighted by Crippen LogP contribution is -2.71. The molecule has 4 aromatic rings. The lowest BCUT2D eigenvalue weighted by atomic mass is 9.60. The van der Waals surface area contributed by atoms with Gasteiger partial charge in [0.05, 0.1) is 17.8 Å². The van der Waals surface area contributed by atoms with Crippen LogP contribution in [-0.2, 0) is 23.1 Å². The van der Waals surface area contributed by atoms with E-state index in [1.54, 1.807) is 14.0 Å². The second-order valence-electron chi connectivity index (χ2n) is 24.6. The first-order valence-electron chi connectivity index (χ1n) is 26.9. The summed E-state index contributed by atoms with van der Waals surface area (Å²) in [5.74, 6) is 1.67. The first-order valence-corrected chi connectivity index (χ1v) is 30.8. The van der Waals surface area contributed by atoms with Crippen LogP contribution in [0.2, 0.25) is 10.1 Å². The van der Waals surface area contributed by atoms with E-state index in [0.29, 0.717) is 37.4 Å². The molecular formula is C63H88O6Si2. The molecule has 6 nitrogen and oxygen atoms in total. The van der Waals surface area contributed by atoms with Crippen LogP contribution >= 0.6 is 0 Å². The minimum Gasteiger partial charge on any atom is -0.404 e. The zero-order valence-corrected chi connectivity index (χ0v) is 47.6. The number of Topliss-reactive ketones (excluding diaryl/α,β-unsaturated/α-hetero) is 1. The summed E-state index contributed by atoms with van der Waals surface area (Å²) >= 11 is 0. The number of rotatable bonds is 19. The molecule has 4 aromatic carbocycles. The second kappa shape index (κ2) is 22.4. The number of fused-ring (bicyclic) bond motifs is 1. The Balaban J connectivity index is 1.35. The summed E-state index contributed by atoms with van der Waals surface area (Å²) in [5, 5.41) is 18.0. The zero-order valence-electron chi connectivity index (χ0n) is 45.6. The Kier molecular flexibility index (Phi) is 17.4. The van der Waals surface area contributed by atoms with Crippen LogP contribution in [0.1, 0.15) is 147 Å². The van der Waals surface area contributed by atoms with Crippen molar-refractivity contribution in [2.24, 2.45) is 23.2 Å². The third kappa shape index (κ3) is 11.5. The van der Waals surface area contributed by atoms with Crippen molar-refractivity contribution in [2.45, 2.75) is 180 Å². The summed E-state index contributed by atoms with van der Waals surface area (Å²) in [5.41, 5.74) is 0.747. The average molecular weight is 998 g/mol. The van der Waals surface area contributed by atoms with Crippen molar-refractivity contribution < 1.29 is 28.2 Å². The maximum Gasteiger partial charge on any atom is 0.261 e. The molecule has 1 unspecified atom stereocenters. The highest BCUT2D eigenvalue weighted by molar-refractivity contribution is 7.00. The summed E-state index contributed by atoms with van der Waals surface area (Å²) in [7, 11) is -4.64. The molecule has 3 aliphatic rings. The van der Waals surface area contributed by atoms with Crippen LogP contribution in [0.5, 0.6) is 0 Å². The second-order valence-corrected chi connectivity index (χ2v) is 33.1. The highest BCUT2D eigenvalue weighted by Crippen LogP contribution is 2.60. The Morgan fingerprint density at radius 1 is 0.746 bits per heavy atom. The van der Waals surface area contributed by atoms with Crippen LogP contribution in [0.25, 0.3) is 0 Å². The number of hydrogen-bond acceptors (Lipinski definition) is 6. The third-order valence-electron chi connectivity index (χ3n) is 17.3. The molecule has 3 aliphatic carbocycles. The molecule has 7 rings (SSSR count). The number of aliphatic hydroxyl groups is 1. The van der Waals surface area contributed by atoms with Crippen molar-refractivity contribution in [1.29, 1.82) is 0 Å². The molecule has 0 saturated heterocycles. The highest BCUT2D eigenvalue weighted by atomic mass is 28.4.